The van der Waals surface area contributed by atoms with Crippen LogP contribution < -0.4 is 4.74 Å². The number of ether oxygens (including phenoxy) is 1. The maximum absolute atomic E-state index is 10.8. The summed E-state index contributed by atoms with van der Waals surface area (Å²) in [6.07, 6.45) is 0.828. The van der Waals surface area contributed by atoms with Gasteiger partial charge in [0.15, 0.2) is 0 Å². The molecule has 2 nitrogen and oxygen atoms in total. The fourth-order valence-electron chi connectivity index (χ4n) is 1.85. The van der Waals surface area contributed by atoms with Gasteiger partial charge in [0.1, 0.15) is 17.8 Å². The SMILES string of the molecule is Cc1ccc(C=O)cc1Oc1ccc(C(C)C)cc1. The van der Waals surface area contributed by atoms with Crippen LogP contribution in [0.2, 0.25) is 0 Å². The summed E-state index contributed by atoms with van der Waals surface area (Å²) in [5, 5.41) is 0. The molecule has 0 aliphatic carbocycles. The van der Waals surface area contributed by atoms with E-state index in [4.69, 9.17) is 4.74 Å². The minimum Gasteiger partial charge on any atom is -0.457 e. The molecule has 0 bridgehead atoms. The first-order valence-corrected chi connectivity index (χ1v) is 6.44. The van der Waals surface area contributed by atoms with Gasteiger partial charge in [-0.1, -0.05) is 38.1 Å². The van der Waals surface area contributed by atoms with Gasteiger partial charge in [0.2, 0.25) is 0 Å². The van der Waals surface area contributed by atoms with Crippen molar-refractivity contribution in [1.29, 1.82) is 0 Å². The molecular weight excluding hydrogens is 236 g/mol. The number of carbonyl (C=O) groups is 1. The number of hydrogen-bond donors (Lipinski definition) is 0. The average Bonchev–Trinajstić information content (AvgIpc) is 2.42. The molecule has 0 saturated carbocycles. The normalized spacial score (nSPS) is 10.5. The summed E-state index contributed by atoms with van der Waals surface area (Å²) in [4.78, 5) is 10.8. The van der Waals surface area contributed by atoms with E-state index in [0.29, 0.717) is 11.5 Å². The molecule has 0 aliphatic rings. The lowest BCUT2D eigenvalue weighted by atomic mass is 10.0. The lowest BCUT2D eigenvalue weighted by molar-refractivity contribution is 0.112. The van der Waals surface area contributed by atoms with Crippen LogP contribution in [0.15, 0.2) is 42.5 Å². The Labute approximate surface area is 114 Å². The second kappa shape index (κ2) is 5.70. The van der Waals surface area contributed by atoms with Gasteiger partial charge in [-0.25, -0.2) is 0 Å². The maximum atomic E-state index is 10.8. The van der Waals surface area contributed by atoms with Crippen molar-refractivity contribution < 1.29 is 9.53 Å². The third-order valence-corrected chi connectivity index (χ3v) is 3.12. The van der Waals surface area contributed by atoms with E-state index >= 15 is 0 Å². The zero-order valence-electron chi connectivity index (χ0n) is 11.5. The molecule has 19 heavy (non-hydrogen) atoms. The summed E-state index contributed by atoms with van der Waals surface area (Å²) < 4.78 is 5.83. The number of aldehydes is 1. The molecule has 0 N–H and O–H groups in total. The van der Waals surface area contributed by atoms with Crippen LogP contribution >= 0.6 is 0 Å². The number of benzene rings is 2. The molecule has 0 radical (unpaired) electrons. The summed E-state index contributed by atoms with van der Waals surface area (Å²) in [6, 6.07) is 13.5. The first-order valence-electron chi connectivity index (χ1n) is 6.44. The Hall–Kier alpha value is -2.09. The number of carbonyl (C=O) groups excluding carboxylic acids is 1. The Morgan fingerprint density at radius 1 is 1.05 bits per heavy atom. The molecule has 0 unspecified atom stereocenters. The fourth-order valence-corrected chi connectivity index (χ4v) is 1.85. The van der Waals surface area contributed by atoms with Gasteiger partial charge in [-0.15, -0.1) is 0 Å². The molecule has 98 valence electrons. The molecule has 0 atom stereocenters. The molecule has 0 fully saturated rings. The predicted molar refractivity (Wildman–Crippen MR) is 77.2 cm³/mol. The van der Waals surface area contributed by atoms with E-state index in [1.807, 2.05) is 25.1 Å². The highest BCUT2D eigenvalue weighted by molar-refractivity contribution is 5.75. The molecule has 0 spiro atoms. The van der Waals surface area contributed by atoms with Crippen molar-refractivity contribution in [2.75, 3.05) is 0 Å². The minimum atomic E-state index is 0.508. The monoisotopic (exact) mass is 254 g/mol. The average molecular weight is 254 g/mol. The maximum Gasteiger partial charge on any atom is 0.150 e. The molecule has 0 saturated heterocycles. The Kier molecular flexibility index (Phi) is 4.00. The van der Waals surface area contributed by atoms with Crippen LogP contribution in [0, 0.1) is 6.92 Å². The van der Waals surface area contributed by atoms with Crippen LogP contribution in [0.1, 0.15) is 41.3 Å². The van der Waals surface area contributed by atoms with Crippen molar-refractivity contribution >= 4 is 6.29 Å². The van der Waals surface area contributed by atoms with Crippen LogP contribution in [-0.2, 0) is 0 Å². The number of aryl methyl sites for hydroxylation is 1. The van der Waals surface area contributed by atoms with Crippen molar-refractivity contribution in [3.8, 4) is 11.5 Å². The lowest BCUT2D eigenvalue weighted by Crippen LogP contribution is -1.91. The third-order valence-electron chi connectivity index (χ3n) is 3.12. The largest absolute Gasteiger partial charge is 0.457 e. The lowest BCUT2D eigenvalue weighted by Gasteiger charge is -2.11. The molecule has 2 rings (SSSR count). The van der Waals surface area contributed by atoms with E-state index in [1.165, 1.54) is 5.56 Å². The van der Waals surface area contributed by atoms with Gasteiger partial charge >= 0.3 is 0 Å². The Bertz CT molecular complexity index is 568. The second-order valence-corrected chi connectivity index (χ2v) is 4.97. The van der Waals surface area contributed by atoms with Gasteiger partial charge in [-0.3, -0.25) is 4.79 Å². The first-order chi connectivity index (χ1) is 9.10. The van der Waals surface area contributed by atoms with E-state index in [1.54, 1.807) is 12.1 Å². The van der Waals surface area contributed by atoms with E-state index in [2.05, 4.69) is 26.0 Å². The third kappa shape index (κ3) is 3.22. The van der Waals surface area contributed by atoms with Crippen LogP contribution in [0.3, 0.4) is 0 Å². The summed E-state index contributed by atoms with van der Waals surface area (Å²) in [7, 11) is 0. The highest BCUT2D eigenvalue weighted by Crippen LogP contribution is 2.27. The molecule has 0 aliphatic heterocycles. The zero-order chi connectivity index (χ0) is 13.8. The molecule has 2 aromatic carbocycles. The Morgan fingerprint density at radius 2 is 1.74 bits per heavy atom. The van der Waals surface area contributed by atoms with Crippen molar-refractivity contribution in [1.82, 2.24) is 0 Å². The number of rotatable bonds is 4. The van der Waals surface area contributed by atoms with E-state index in [9.17, 15) is 4.79 Å². The molecule has 2 heteroatoms. The second-order valence-electron chi connectivity index (χ2n) is 4.97. The van der Waals surface area contributed by atoms with Crippen molar-refractivity contribution in [3.63, 3.8) is 0 Å². The van der Waals surface area contributed by atoms with Crippen molar-refractivity contribution in [3.05, 3.63) is 59.2 Å². The predicted octanol–water partition coefficient (Wildman–Crippen LogP) is 4.72. The summed E-state index contributed by atoms with van der Waals surface area (Å²) in [5.41, 5.74) is 2.92. The minimum absolute atomic E-state index is 0.508. The zero-order valence-corrected chi connectivity index (χ0v) is 11.5. The van der Waals surface area contributed by atoms with E-state index < -0.39 is 0 Å². The first kappa shape index (κ1) is 13.3. The van der Waals surface area contributed by atoms with Crippen LogP contribution in [0.5, 0.6) is 11.5 Å². The van der Waals surface area contributed by atoms with Gasteiger partial charge in [-0.05, 0) is 42.2 Å². The number of hydrogen-bond acceptors (Lipinski definition) is 2. The molecular formula is C17H18O2. The topological polar surface area (TPSA) is 26.3 Å². The Balaban J connectivity index is 2.23. The van der Waals surface area contributed by atoms with Crippen LogP contribution in [0.4, 0.5) is 0 Å². The fraction of sp³-hybridized carbons (Fsp3) is 0.235. The highest BCUT2D eigenvalue weighted by atomic mass is 16.5. The van der Waals surface area contributed by atoms with Crippen LogP contribution in [-0.4, -0.2) is 6.29 Å². The van der Waals surface area contributed by atoms with Gasteiger partial charge in [0.05, 0.1) is 0 Å². The standard InChI is InChI=1S/C17H18O2/c1-12(2)15-6-8-16(9-7-15)19-17-10-14(11-18)5-4-13(17)3/h4-12H,1-3H3. The Morgan fingerprint density at radius 3 is 2.32 bits per heavy atom. The molecule has 0 amide bonds. The van der Waals surface area contributed by atoms with Gasteiger partial charge in [-0.2, -0.15) is 0 Å². The van der Waals surface area contributed by atoms with Gasteiger partial charge < -0.3 is 4.74 Å². The van der Waals surface area contributed by atoms with Crippen LogP contribution in [0.25, 0.3) is 0 Å². The highest BCUT2D eigenvalue weighted by Gasteiger charge is 2.04. The quantitative estimate of drug-likeness (QED) is 0.738. The van der Waals surface area contributed by atoms with E-state index in [-0.39, 0.29) is 0 Å². The molecule has 0 aromatic heterocycles. The van der Waals surface area contributed by atoms with Crippen molar-refractivity contribution in [2.45, 2.75) is 26.7 Å². The molecule has 2 aromatic rings. The summed E-state index contributed by atoms with van der Waals surface area (Å²) in [6.45, 7) is 6.29. The van der Waals surface area contributed by atoms with Crippen molar-refractivity contribution in [2.24, 2.45) is 0 Å². The summed E-state index contributed by atoms with van der Waals surface area (Å²) >= 11 is 0. The van der Waals surface area contributed by atoms with E-state index in [0.717, 1.165) is 23.3 Å². The van der Waals surface area contributed by atoms with Gasteiger partial charge in [0, 0.05) is 5.56 Å². The summed E-state index contributed by atoms with van der Waals surface area (Å²) in [5.74, 6) is 2.02. The van der Waals surface area contributed by atoms with Gasteiger partial charge in [0.25, 0.3) is 0 Å². The smallest absolute Gasteiger partial charge is 0.150 e. The molecule has 0 heterocycles.